The highest BCUT2D eigenvalue weighted by atomic mass is 79.9. The molecule has 0 saturated carbocycles. The molecule has 1 atom stereocenters. The van der Waals surface area contributed by atoms with Gasteiger partial charge in [0.25, 0.3) is 0 Å². The van der Waals surface area contributed by atoms with Crippen molar-refractivity contribution in [3.05, 3.63) is 64.1 Å². The van der Waals surface area contributed by atoms with Crippen LogP contribution < -0.4 is 5.32 Å². The Balaban J connectivity index is 2.15. The van der Waals surface area contributed by atoms with Gasteiger partial charge in [-0.2, -0.15) is 0 Å². The number of ether oxygens (including phenoxy) is 1. The van der Waals surface area contributed by atoms with Crippen LogP contribution in [0.2, 0.25) is 0 Å². The van der Waals surface area contributed by atoms with E-state index in [1.807, 2.05) is 25.1 Å². The first kappa shape index (κ1) is 15.1. The highest BCUT2D eigenvalue weighted by Crippen LogP contribution is 2.27. The van der Waals surface area contributed by atoms with Crippen molar-refractivity contribution in [2.75, 3.05) is 11.9 Å². The summed E-state index contributed by atoms with van der Waals surface area (Å²) >= 11 is 3.61. The summed E-state index contributed by atoms with van der Waals surface area (Å²) in [6, 6.07) is 16.8. The predicted molar refractivity (Wildman–Crippen MR) is 88.0 cm³/mol. The standard InChI is InChI=1S/C17H20BrNO/c1-3-20-12-14-8-4-7-11-17(14)19-13(2)15-9-5-6-10-16(15)18/h4-11,13,19H,3,12H2,1-2H3. The minimum absolute atomic E-state index is 0.230. The summed E-state index contributed by atoms with van der Waals surface area (Å²) in [5.74, 6) is 0. The molecule has 2 aromatic rings. The molecular formula is C17H20BrNO. The molecule has 3 heteroatoms. The van der Waals surface area contributed by atoms with Crippen molar-refractivity contribution < 1.29 is 4.74 Å². The van der Waals surface area contributed by atoms with Gasteiger partial charge in [-0.1, -0.05) is 52.3 Å². The molecule has 0 aliphatic heterocycles. The lowest BCUT2D eigenvalue weighted by atomic mass is 10.1. The number of nitrogens with one attached hydrogen (secondary N) is 1. The van der Waals surface area contributed by atoms with Crippen LogP contribution in [0.15, 0.2) is 53.0 Å². The van der Waals surface area contributed by atoms with E-state index in [4.69, 9.17) is 4.74 Å². The molecule has 1 unspecified atom stereocenters. The lowest BCUT2D eigenvalue weighted by Crippen LogP contribution is -2.09. The van der Waals surface area contributed by atoms with Crippen LogP contribution in [0.1, 0.15) is 31.0 Å². The normalized spacial score (nSPS) is 12.2. The van der Waals surface area contributed by atoms with Crippen molar-refractivity contribution in [2.45, 2.75) is 26.5 Å². The predicted octanol–water partition coefficient (Wildman–Crippen LogP) is 5.16. The molecule has 0 radical (unpaired) electrons. The summed E-state index contributed by atoms with van der Waals surface area (Å²) < 4.78 is 6.65. The second-order valence-electron chi connectivity index (χ2n) is 4.68. The molecule has 0 amide bonds. The van der Waals surface area contributed by atoms with Gasteiger partial charge in [0, 0.05) is 28.4 Å². The second-order valence-corrected chi connectivity index (χ2v) is 5.54. The molecule has 0 heterocycles. The van der Waals surface area contributed by atoms with Gasteiger partial charge in [-0.15, -0.1) is 0 Å². The summed E-state index contributed by atoms with van der Waals surface area (Å²) in [6.07, 6.45) is 0. The van der Waals surface area contributed by atoms with E-state index in [-0.39, 0.29) is 6.04 Å². The number of hydrogen-bond donors (Lipinski definition) is 1. The van der Waals surface area contributed by atoms with Crippen LogP contribution in [0.3, 0.4) is 0 Å². The summed E-state index contributed by atoms with van der Waals surface area (Å²) in [4.78, 5) is 0. The number of halogens is 1. The first-order valence-electron chi connectivity index (χ1n) is 6.89. The SMILES string of the molecule is CCOCc1ccccc1NC(C)c1ccccc1Br. The van der Waals surface area contributed by atoms with Gasteiger partial charge in [0.05, 0.1) is 6.61 Å². The van der Waals surface area contributed by atoms with Crippen molar-refractivity contribution in [3.63, 3.8) is 0 Å². The van der Waals surface area contributed by atoms with Crippen LogP contribution >= 0.6 is 15.9 Å². The van der Waals surface area contributed by atoms with Crippen LogP contribution in [0.25, 0.3) is 0 Å². The molecule has 0 saturated heterocycles. The molecule has 0 fully saturated rings. The third-order valence-corrected chi connectivity index (χ3v) is 3.94. The number of rotatable bonds is 6. The van der Waals surface area contributed by atoms with Crippen LogP contribution in [-0.4, -0.2) is 6.61 Å². The Kier molecular flexibility index (Phi) is 5.62. The van der Waals surface area contributed by atoms with E-state index in [0.29, 0.717) is 6.61 Å². The summed E-state index contributed by atoms with van der Waals surface area (Å²) in [6.45, 7) is 5.55. The van der Waals surface area contributed by atoms with Gasteiger partial charge in [-0.3, -0.25) is 0 Å². The third-order valence-electron chi connectivity index (χ3n) is 3.22. The zero-order valence-corrected chi connectivity index (χ0v) is 13.5. The zero-order chi connectivity index (χ0) is 14.4. The fourth-order valence-electron chi connectivity index (χ4n) is 2.14. The molecule has 2 nitrogen and oxygen atoms in total. The van der Waals surface area contributed by atoms with Crippen LogP contribution in [0.4, 0.5) is 5.69 Å². The van der Waals surface area contributed by atoms with E-state index in [0.717, 1.165) is 16.8 Å². The summed E-state index contributed by atoms with van der Waals surface area (Å²) in [5.41, 5.74) is 3.57. The van der Waals surface area contributed by atoms with Crippen molar-refractivity contribution in [3.8, 4) is 0 Å². The lowest BCUT2D eigenvalue weighted by Gasteiger charge is -2.19. The number of anilines is 1. The molecule has 1 N–H and O–H groups in total. The molecule has 0 bridgehead atoms. The minimum Gasteiger partial charge on any atom is -0.378 e. The maximum atomic E-state index is 5.52. The largest absolute Gasteiger partial charge is 0.378 e. The Morgan fingerprint density at radius 1 is 1.10 bits per heavy atom. The Hall–Kier alpha value is -1.32. The van der Waals surface area contributed by atoms with E-state index in [1.54, 1.807) is 0 Å². The molecule has 2 aromatic carbocycles. The van der Waals surface area contributed by atoms with Crippen molar-refractivity contribution in [1.29, 1.82) is 0 Å². The van der Waals surface area contributed by atoms with Crippen LogP contribution in [0.5, 0.6) is 0 Å². The van der Waals surface area contributed by atoms with Gasteiger partial charge in [-0.05, 0) is 31.5 Å². The average Bonchev–Trinajstić information content (AvgIpc) is 2.46. The fourth-order valence-corrected chi connectivity index (χ4v) is 2.76. The van der Waals surface area contributed by atoms with E-state index in [9.17, 15) is 0 Å². The van der Waals surface area contributed by atoms with Crippen molar-refractivity contribution >= 4 is 21.6 Å². The number of hydrogen-bond acceptors (Lipinski definition) is 2. The topological polar surface area (TPSA) is 21.3 Å². The number of benzene rings is 2. The second kappa shape index (κ2) is 7.46. The Labute approximate surface area is 129 Å². The summed E-state index contributed by atoms with van der Waals surface area (Å²) in [7, 11) is 0. The molecule has 0 aliphatic rings. The van der Waals surface area contributed by atoms with Gasteiger partial charge in [-0.25, -0.2) is 0 Å². The average molecular weight is 334 g/mol. The van der Waals surface area contributed by atoms with E-state index >= 15 is 0 Å². The monoisotopic (exact) mass is 333 g/mol. The maximum absolute atomic E-state index is 5.52. The van der Waals surface area contributed by atoms with Crippen LogP contribution in [0, 0.1) is 0 Å². The molecule has 20 heavy (non-hydrogen) atoms. The highest BCUT2D eigenvalue weighted by Gasteiger charge is 2.10. The maximum Gasteiger partial charge on any atom is 0.0736 e. The van der Waals surface area contributed by atoms with Crippen molar-refractivity contribution in [2.24, 2.45) is 0 Å². The van der Waals surface area contributed by atoms with Crippen LogP contribution in [-0.2, 0) is 11.3 Å². The molecule has 0 aromatic heterocycles. The Bertz CT molecular complexity index is 556. The quantitative estimate of drug-likeness (QED) is 0.788. The highest BCUT2D eigenvalue weighted by molar-refractivity contribution is 9.10. The molecule has 106 valence electrons. The van der Waals surface area contributed by atoms with Gasteiger partial charge in [0.1, 0.15) is 0 Å². The molecule has 2 rings (SSSR count). The molecule has 0 spiro atoms. The van der Waals surface area contributed by atoms with E-state index in [1.165, 1.54) is 11.1 Å². The first-order chi connectivity index (χ1) is 9.72. The lowest BCUT2D eigenvalue weighted by molar-refractivity contribution is 0.134. The van der Waals surface area contributed by atoms with Gasteiger partial charge in [0.15, 0.2) is 0 Å². The summed E-state index contributed by atoms with van der Waals surface area (Å²) in [5, 5.41) is 3.57. The van der Waals surface area contributed by atoms with Gasteiger partial charge in [0.2, 0.25) is 0 Å². The Morgan fingerprint density at radius 3 is 2.55 bits per heavy atom. The van der Waals surface area contributed by atoms with Gasteiger partial charge >= 0.3 is 0 Å². The first-order valence-corrected chi connectivity index (χ1v) is 7.68. The number of para-hydroxylation sites is 1. The van der Waals surface area contributed by atoms with E-state index in [2.05, 4.69) is 58.5 Å². The Morgan fingerprint density at radius 2 is 1.80 bits per heavy atom. The smallest absolute Gasteiger partial charge is 0.0736 e. The van der Waals surface area contributed by atoms with E-state index < -0.39 is 0 Å². The third kappa shape index (κ3) is 3.84. The fraction of sp³-hybridized carbons (Fsp3) is 0.294. The van der Waals surface area contributed by atoms with Crippen molar-refractivity contribution in [1.82, 2.24) is 0 Å². The molecular weight excluding hydrogens is 314 g/mol. The van der Waals surface area contributed by atoms with Gasteiger partial charge < -0.3 is 10.1 Å². The molecule has 0 aliphatic carbocycles. The minimum atomic E-state index is 0.230. The zero-order valence-electron chi connectivity index (χ0n) is 11.9.